The van der Waals surface area contributed by atoms with Gasteiger partial charge in [0, 0.05) is 12.4 Å². The molecule has 1 aromatic rings. The molecule has 0 aliphatic heterocycles. The van der Waals surface area contributed by atoms with Crippen molar-refractivity contribution in [1.82, 2.24) is 10.4 Å². The summed E-state index contributed by atoms with van der Waals surface area (Å²) in [6.45, 7) is 2.34. The molecule has 1 aliphatic carbocycles. The first-order valence-electron chi connectivity index (χ1n) is 6.17. The van der Waals surface area contributed by atoms with Crippen molar-refractivity contribution in [2.24, 2.45) is 17.7 Å². The Balaban J connectivity index is 2.05. The standard InChI is InChI=1S/C13H21N3/c1-10-4-6-11(7-5-10)13(16-14)12-3-2-8-15-9-12/h2-3,8-11,13,16H,4-7,14H2,1H3. The summed E-state index contributed by atoms with van der Waals surface area (Å²) < 4.78 is 0. The van der Waals surface area contributed by atoms with Crippen LogP contribution in [0.15, 0.2) is 24.5 Å². The normalized spacial score (nSPS) is 27.6. The van der Waals surface area contributed by atoms with E-state index in [9.17, 15) is 0 Å². The Morgan fingerprint density at radius 3 is 2.69 bits per heavy atom. The zero-order valence-corrected chi connectivity index (χ0v) is 9.89. The van der Waals surface area contributed by atoms with Crippen LogP contribution in [0.25, 0.3) is 0 Å². The van der Waals surface area contributed by atoms with Crippen molar-refractivity contribution < 1.29 is 0 Å². The van der Waals surface area contributed by atoms with Gasteiger partial charge >= 0.3 is 0 Å². The molecule has 3 heteroatoms. The first-order chi connectivity index (χ1) is 7.81. The molecular formula is C13H21N3. The molecule has 1 saturated carbocycles. The number of hydrogen-bond acceptors (Lipinski definition) is 3. The second-order valence-corrected chi connectivity index (χ2v) is 4.95. The average Bonchev–Trinajstić information content (AvgIpc) is 2.34. The molecule has 0 bridgehead atoms. The predicted molar refractivity (Wildman–Crippen MR) is 65.4 cm³/mol. The Bertz CT molecular complexity index is 304. The molecular weight excluding hydrogens is 198 g/mol. The summed E-state index contributed by atoms with van der Waals surface area (Å²) in [6, 6.07) is 4.35. The van der Waals surface area contributed by atoms with E-state index in [-0.39, 0.29) is 6.04 Å². The number of nitrogens with two attached hydrogens (primary N) is 1. The van der Waals surface area contributed by atoms with Gasteiger partial charge in [0.1, 0.15) is 0 Å². The fourth-order valence-electron chi connectivity index (χ4n) is 2.68. The summed E-state index contributed by atoms with van der Waals surface area (Å²) in [5, 5.41) is 0. The second kappa shape index (κ2) is 5.41. The maximum atomic E-state index is 5.69. The molecule has 1 fully saturated rings. The third-order valence-corrected chi connectivity index (χ3v) is 3.76. The van der Waals surface area contributed by atoms with Gasteiger partial charge in [-0.3, -0.25) is 16.3 Å². The topological polar surface area (TPSA) is 50.9 Å². The van der Waals surface area contributed by atoms with Gasteiger partial charge < -0.3 is 0 Å². The molecule has 3 nitrogen and oxygen atoms in total. The zero-order chi connectivity index (χ0) is 11.4. The van der Waals surface area contributed by atoms with Crippen LogP contribution in [0.5, 0.6) is 0 Å². The lowest BCUT2D eigenvalue weighted by Crippen LogP contribution is -2.35. The molecule has 1 atom stereocenters. The number of nitrogens with one attached hydrogen (secondary N) is 1. The van der Waals surface area contributed by atoms with E-state index in [2.05, 4.69) is 23.4 Å². The highest BCUT2D eigenvalue weighted by atomic mass is 15.2. The van der Waals surface area contributed by atoms with E-state index < -0.39 is 0 Å². The largest absolute Gasteiger partial charge is 0.271 e. The molecule has 1 heterocycles. The molecule has 2 rings (SSSR count). The molecule has 1 aromatic heterocycles. The average molecular weight is 219 g/mol. The van der Waals surface area contributed by atoms with E-state index in [1.165, 1.54) is 31.2 Å². The molecule has 1 unspecified atom stereocenters. The van der Waals surface area contributed by atoms with Crippen molar-refractivity contribution in [1.29, 1.82) is 0 Å². The van der Waals surface area contributed by atoms with Gasteiger partial charge in [-0.25, -0.2) is 0 Å². The van der Waals surface area contributed by atoms with Gasteiger partial charge in [-0.05, 0) is 36.3 Å². The van der Waals surface area contributed by atoms with Gasteiger partial charge in [0.25, 0.3) is 0 Å². The van der Waals surface area contributed by atoms with Crippen LogP contribution in [0.2, 0.25) is 0 Å². The first kappa shape index (κ1) is 11.6. The number of aromatic nitrogens is 1. The number of hydrazine groups is 1. The Hall–Kier alpha value is -0.930. The van der Waals surface area contributed by atoms with Gasteiger partial charge in [0.05, 0.1) is 6.04 Å². The summed E-state index contributed by atoms with van der Waals surface area (Å²) in [5.74, 6) is 7.23. The lowest BCUT2D eigenvalue weighted by atomic mass is 9.78. The van der Waals surface area contributed by atoms with Crippen molar-refractivity contribution in [2.75, 3.05) is 0 Å². The predicted octanol–water partition coefficient (Wildman–Crippen LogP) is 2.41. The van der Waals surface area contributed by atoms with Crippen molar-refractivity contribution in [3.63, 3.8) is 0 Å². The smallest absolute Gasteiger partial charge is 0.0503 e. The highest BCUT2D eigenvalue weighted by Crippen LogP contribution is 2.35. The monoisotopic (exact) mass is 219 g/mol. The Labute approximate surface area is 97.4 Å². The quantitative estimate of drug-likeness (QED) is 0.606. The summed E-state index contributed by atoms with van der Waals surface area (Å²) in [5.41, 5.74) is 4.18. The molecule has 0 amide bonds. The van der Waals surface area contributed by atoms with Gasteiger partial charge in [-0.1, -0.05) is 25.8 Å². The van der Waals surface area contributed by atoms with Crippen molar-refractivity contribution in [3.8, 4) is 0 Å². The van der Waals surface area contributed by atoms with E-state index >= 15 is 0 Å². The highest BCUT2D eigenvalue weighted by molar-refractivity contribution is 5.14. The van der Waals surface area contributed by atoms with E-state index in [4.69, 9.17) is 5.84 Å². The summed E-state index contributed by atoms with van der Waals surface area (Å²) in [7, 11) is 0. The summed E-state index contributed by atoms with van der Waals surface area (Å²) in [4.78, 5) is 4.17. The number of hydrogen-bond donors (Lipinski definition) is 2. The maximum absolute atomic E-state index is 5.69. The number of nitrogens with zero attached hydrogens (tertiary/aromatic N) is 1. The van der Waals surface area contributed by atoms with Crippen LogP contribution >= 0.6 is 0 Å². The minimum absolute atomic E-state index is 0.265. The van der Waals surface area contributed by atoms with Crippen LogP contribution in [0, 0.1) is 11.8 Å². The minimum atomic E-state index is 0.265. The second-order valence-electron chi connectivity index (χ2n) is 4.95. The van der Waals surface area contributed by atoms with Gasteiger partial charge in [-0.15, -0.1) is 0 Å². The Kier molecular flexibility index (Phi) is 3.91. The maximum Gasteiger partial charge on any atom is 0.0503 e. The van der Waals surface area contributed by atoms with Crippen LogP contribution in [-0.2, 0) is 0 Å². The van der Waals surface area contributed by atoms with E-state index in [1.807, 2.05) is 12.3 Å². The van der Waals surface area contributed by atoms with Gasteiger partial charge in [0.2, 0.25) is 0 Å². The van der Waals surface area contributed by atoms with Crippen LogP contribution in [0.4, 0.5) is 0 Å². The lowest BCUT2D eigenvalue weighted by Gasteiger charge is -2.32. The third-order valence-electron chi connectivity index (χ3n) is 3.76. The fourth-order valence-corrected chi connectivity index (χ4v) is 2.68. The Morgan fingerprint density at radius 1 is 1.38 bits per heavy atom. The van der Waals surface area contributed by atoms with Crippen LogP contribution in [0.3, 0.4) is 0 Å². The molecule has 0 radical (unpaired) electrons. The van der Waals surface area contributed by atoms with Crippen LogP contribution in [0.1, 0.15) is 44.2 Å². The van der Waals surface area contributed by atoms with E-state index in [0.717, 1.165) is 5.92 Å². The Morgan fingerprint density at radius 2 is 2.12 bits per heavy atom. The van der Waals surface area contributed by atoms with Gasteiger partial charge in [0.15, 0.2) is 0 Å². The molecule has 0 aromatic carbocycles. The zero-order valence-electron chi connectivity index (χ0n) is 9.89. The molecule has 88 valence electrons. The highest BCUT2D eigenvalue weighted by Gasteiger charge is 2.26. The number of pyridine rings is 1. The SMILES string of the molecule is CC1CCC(C(NN)c2cccnc2)CC1. The fraction of sp³-hybridized carbons (Fsp3) is 0.615. The molecule has 0 saturated heterocycles. The number of rotatable bonds is 3. The van der Waals surface area contributed by atoms with E-state index in [1.54, 1.807) is 6.20 Å². The third kappa shape index (κ3) is 2.60. The van der Waals surface area contributed by atoms with Crippen molar-refractivity contribution in [3.05, 3.63) is 30.1 Å². The molecule has 1 aliphatic rings. The van der Waals surface area contributed by atoms with E-state index in [0.29, 0.717) is 5.92 Å². The summed E-state index contributed by atoms with van der Waals surface area (Å²) in [6.07, 6.45) is 8.91. The van der Waals surface area contributed by atoms with Crippen LogP contribution in [-0.4, -0.2) is 4.98 Å². The minimum Gasteiger partial charge on any atom is -0.271 e. The first-order valence-corrected chi connectivity index (χ1v) is 6.17. The lowest BCUT2D eigenvalue weighted by molar-refractivity contribution is 0.232. The van der Waals surface area contributed by atoms with Crippen molar-refractivity contribution >= 4 is 0 Å². The van der Waals surface area contributed by atoms with Crippen LogP contribution < -0.4 is 11.3 Å². The summed E-state index contributed by atoms with van der Waals surface area (Å²) >= 11 is 0. The molecule has 3 N–H and O–H groups in total. The molecule has 16 heavy (non-hydrogen) atoms. The molecule has 0 spiro atoms. The van der Waals surface area contributed by atoms with Crippen molar-refractivity contribution in [2.45, 2.75) is 38.6 Å². The van der Waals surface area contributed by atoms with Gasteiger partial charge in [-0.2, -0.15) is 0 Å².